The quantitative estimate of drug-likeness (QED) is 0.764. The minimum atomic E-state index is -0.228. The number of ketones is 1. The Balaban J connectivity index is 1.58. The van der Waals surface area contributed by atoms with E-state index in [0.29, 0.717) is 49.1 Å². The highest BCUT2D eigenvalue weighted by molar-refractivity contribution is 5.95. The van der Waals surface area contributed by atoms with Crippen LogP contribution in [0.3, 0.4) is 0 Å². The lowest BCUT2D eigenvalue weighted by molar-refractivity contribution is -0.0403. The molecule has 1 amide bonds. The van der Waals surface area contributed by atoms with Crippen molar-refractivity contribution in [1.29, 1.82) is 0 Å². The predicted octanol–water partition coefficient (Wildman–Crippen LogP) is 2.41. The van der Waals surface area contributed by atoms with Gasteiger partial charge in [0.25, 0.3) is 5.91 Å². The van der Waals surface area contributed by atoms with Gasteiger partial charge in [-0.25, -0.2) is 0 Å². The van der Waals surface area contributed by atoms with Crippen LogP contribution in [0.4, 0.5) is 0 Å². The number of aryl methyl sites for hydroxylation is 2. The van der Waals surface area contributed by atoms with Crippen molar-refractivity contribution in [3.63, 3.8) is 0 Å². The van der Waals surface area contributed by atoms with Crippen molar-refractivity contribution >= 4 is 11.7 Å². The zero-order valence-electron chi connectivity index (χ0n) is 15.2. The van der Waals surface area contributed by atoms with Crippen LogP contribution in [0.2, 0.25) is 0 Å². The average Bonchev–Trinajstić information content (AvgIpc) is 3.05. The summed E-state index contributed by atoms with van der Waals surface area (Å²) < 4.78 is 16.5. The Morgan fingerprint density at radius 3 is 2.77 bits per heavy atom. The van der Waals surface area contributed by atoms with Crippen molar-refractivity contribution in [3.8, 4) is 5.75 Å². The molecular weight excluding hydrogens is 336 g/mol. The molecule has 138 valence electrons. The van der Waals surface area contributed by atoms with Crippen LogP contribution in [0.15, 0.2) is 28.8 Å². The second kappa shape index (κ2) is 7.70. The lowest BCUT2D eigenvalue weighted by Crippen LogP contribution is -2.47. The molecule has 1 atom stereocenters. The number of aromatic nitrogens is 1. The summed E-state index contributed by atoms with van der Waals surface area (Å²) in [6.45, 7) is 6.86. The largest absolute Gasteiger partial charge is 0.491 e. The van der Waals surface area contributed by atoms with E-state index in [1.54, 1.807) is 36.9 Å². The van der Waals surface area contributed by atoms with Crippen molar-refractivity contribution in [2.45, 2.75) is 26.9 Å². The van der Waals surface area contributed by atoms with Gasteiger partial charge in [-0.15, -0.1) is 0 Å². The molecule has 7 heteroatoms. The molecule has 0 saturated carbocycles. The van der Waals surface area contributed by atoms with E-state index in [1.165, 1.54) is 0 Å². The first-order valence-electron chi connectivity index (χ1n) is 8.52. The first-order chi connectivity index (χ1) is 12.4. The van der Waals surface area contributed by atoms with E-state index in [2.05, 4.69) is 5.16 Å². The molecule has 1 fully saturated rings. The monoisotopic (exact) mass is 358 g/mol. The number of morpholine rings is 1. The van der Waals surface area contributed by atoms with Gasteiger partial charge in [-0.1, -0.05) is 5.16 Å². The lowest BCUT2D eigenvalue weighted by atomic mass is 10.1. The topological polar surface area (TPSA) is 81.9 Å². The SMILES string of the molecule is CC(=O)c1ccc(OCC2CN(C(=O)c3cc(C)on3)CCO2)cc1C. The number of rotatable bonds is 5. The highest BCUT2D eigenvalue weighted by Crippen LogP contribution is 2.19. The second-order valence-electron chi connectivity index (χ2n) is 6.41. The molecule has 0 bridgehead atoms. The molecule has 1 aromatic carbocycles. The summed E-state index contributed by atoms with van der Waals surface area (Å²) in [7, 11) is 0. The van der Waals surface area contributed by atoms with Gasteiger partial charge in [-0.3, -0.25) is 9.59 Å². The van der Waals surface area contributed by atoms with E-state index in [9.17, 15) is 9.59 Å². The van der Waals surface area contributed by atoms with E-state index in [4.69, 9.17) is 14.0 Å². The molecule has 0 spiro atoms. The third-order valence-corrected chi connectivity index (χ3v) is 4.29. The molecule has 3 rings (SSSR count). The molecule has 0 N–H and O–H groups in total. The van der Waals surface area contributed by atoms with Crippen LogP contribution in [0.25, 0.3) is 0 Å². The Labute approximate surface area is 151 Å². The summed E-state index contributed by atoms with van der Waals surface area (Å²) >= 11 is 0. The van der Waals surface area contributed by atoms with Crippen LogP contribution in [0.5, 0.6) is 5.75 Å². The normalized spacial score (nSPS) is 17.2. The number of carbonyl (C=O) groups excluding carboxylic acids is 2. The van der Waals surface area contributed by atoms with Gasteiger partial charge in [0.15, 0.2) is 11.5 Å². The molecule has 1 saturated heterocycles. The number of amides is 1. The van der Waals surface area contributed by atoms with Gasteiger partial charge in [0.05, 0.1) is 13.2 Å². The highest BCUT2D eigenvalue weighted by Gasteiger charge is 2.27. The summed E-state index contributed by atoms with van der Waals surface area (Å²) in [5, 5.41) is 3.78. The Morgan fingerprint density at radius 1 is 1.31 bits per heavy atom. The van der Waals surface area contributed by atoms with Crippen LogP contribution >= 0.6 is 0 Å². The summed E-state index contributed by atoms with van der Waals surface area (Å²) in [5.74, 6) is 1.14. The fourth-order valence-corrected chi connectivity index (χ4v) is 2.94. The van der Waals surface area contributed by atoms with Crippen LogP contribution in [-0.2, 0) is 4.74 Å². The molecule has 1 aliphatic rings. The van der Waals surface area contributed by atoms with Crippen molar-refractivity contribution in [2.75, 3.05) is 26.3 Å². The Kier molecular flexibility index (Phi) is 5.37. The second-order valence-corrected chi connectivity index (χ2v) is 6.41. The van der Waals surface area contributed by atoms with Crippen LogP contribution < -0.4 is 4.74 Å². The summed E-state index contributed by atoms with van der Waals surface area (Å²) in [6, 6.07) is 6.99. The number of hydrogen-bond acceptors (Lipinski definition) is 6. The van der Waals surface area contributed by atoms with Gasteiger partial charge in [-0.05, 0) is 44.5 Å². The van der Waals surface area contributed by atoms with Crippen molar-refractivity contribution < 1.29 is 23.6 Å². The number of carbonyl (C=O) groups is 2. The smallest absolute Gasteiger partial charge is 0.276 e. The van der Waals surface area contributed by atoms with Crippen LogP contribution in [0, 0.1) is 13.8 Å². The number of Topliss-reactive ketones (excluding diaryl/α,β-unsaturated/α-hetero) is 1. The molecule has 2 aromatic rings. The van der Waals surface area contributed by atoms with Gasteiger partial charge in [-0.2, -0.15) is 0 Å². The van der Waals surface area contributed by atoms with Crippen LogP contribution in [-0.4, -0.2) is 54.2 Å². The minimum absolute atomic E-state index is 0.0295. The maximum Gasteiger partial charge on any atom is 0.276 e. The van der Waals surface area contributed by atoms with Gasteiger partial charge in [0.1, 0.15) is 24.2 Å². The Hall–Kier alpha value is -2.67. The summed E-state index contributed by atoms with van der Waals surface area (Å²) in [5.41, 5.74) is 1.86. The molecule has 26 heavy (non-hydrogen) atoms. The zero-order chi connectivity index (χ0) is 18.7. The number of benzene rings is 1. The Bertz CT molecular complexity index is 814. The molecule has 0 radical (unpaired) electrons. The minimum Gasteiger partial charge on any atom is -0.491 e. The summed E-state index contributed by atoms with van der Waals surface area (Å²) in [4.78, 5) is 25.6. The molecule has 0 aliphatic carbocycles. The van der Waals surface area contributed by atoms with Crippen molar-refractivity contribution in [2.24, 2.45) is 0 Å². The Morgan fingerprint density at radius 2 is 2.12 bits per heavy atom. The lowest BCUT2D eigenvalue weighted by Gasteiger charge is -2.32. The van der Waals surface area contributed by atoms with E-state index in [1.807, 2.05) is 13.0 Å². The third kappa shape index (κ3) is 4.11. The van der Waals surface area contributed by atoms with Gasteiger partial charge < -0.3 is 18.9 Å². The number of ether oxygens (including phenoxy) is 2. The van der Waals surface area contributed by atoms with Crippen LogP contribution in [0.1, 0.15) is 39.1 Å². The maximum absolute atomic E-state index is 12.5. The molecular formula is C19H22N2O5. The first-order valence-corrected chi connectivity index (χ1v) is 8.52. The molecule has 7 nitrogen and oxygen atoms in total. The van der Waals surface area contributed by atoms with Gasteiger partial charge in [0.2, 0.25) is 0 Å². The molecule has 1 aromatic heterocycles. The average molecular weight is 358 g/mol. The fourth-order valence-electron chi connectivity index (χ4n) is 2.94. The standard InChI is InChI=1S/C19H22N2O5/c1-12-8-15(4-5-17(12)14(3)22)25-11-16-10-21(6-7-24-16)19(23)18-9-13(2)26-20-18/h4-5,8-9,16H,6-7,10-11H2,1-3H3. The fraction of sp³-hybridized carbons (Fsp3) is 0.421. The first kappa shape index (κ1) is 18.1. The van der Waals surface area contributed by atoms with Gasteiger partial charge >= 0.3 is 0 Å². The van der Waals surface area contributed by atoms with Crippen molar-refractivity contribution in [1.82, 2.24) is 10.1 Å². The van der Waals surface area contributed by atoms with E-state index < -0.39 is 0 Å². The van der Waals surface area contributed by atoms with E-state index >= 15 is 0 Å². The molecule has 1 unspecified atom stereocenters. The third-order valence-electron chi connectivity index (χ3n) is 4.29. The summed E-state index contributed by atoms with van der Waals surface area (Å²) in [6.07, 6.45) is -0.228. The van der Waals surface area contributed by atoms with E-state index in [0.717, 1.165) is 5.56 Å². The molecule has 2 heterocycles. The van der Waals surface area contributed by atoms with Gasteiger partial charge in [0, 0.05) is 18.2 Å². The predicted molar refractivity (Wildman–Crippen MR) is 93.6 cm³/mol. The zero-order valence-corrected chi connectivity index (χ0v) is 15.2. The number of hydrogen-bond donors (Lipinski definition) is 0. The van der Waals surface area contributed by atoms with Crippen molar-refractivity contribution in [3.05, 3.63) is 46.8 Å². The maximum atomic E-state index is 12.5. The molecule has 1 aliphatic heterocycles. The number of nitrogens with zero attached hydrogens (tertiary/aromatic N) is 2. The highest BCUT2D eigenvalue weighted by atomic mass is 16.5. The van der Waals surface area contributed by atoms with E-state index in [-0.39, 0.29) is 17.8 Å².